The number of hydrogen-bond acceptors (Lipinski definition) is 5. The van der Waals surface area contributed by atoms with E-state index in [2.05, 4.69) is 5.32 Å². The molecule has 0 radical (unpaired) electrons. The highest BCUT2D eigenvalue weighted by molar-refractivity contribution is 7.10. The van der Waals surface area contributed by atoms with Gasteiger partial charge in [-0.1, -0.05) is 19.1 Å². The van der Waals surface area contributed by atoms with Crippen molar-refractivity contribution >= 4 is 22.7 Å². The molecule has 0 bridgehead atoms. The van der Waals surface area contributed by atoms with Crippen molar-refractivity contribution in [2.24, 2.45) is 0 Å². The van der Waals surface area contributed by atoms with Gasteiger partial charge in [0.05, 0.1) is 11.0 Å². The maximum atomic E-state index is 11.2. The Kier molecular flexibility index (Phi) is 4.33. The SMILES string of the molecule is CCC(Nc1cccc(C#N)c1[N+](=O)[O-])c1cccs1. The van der Waals surface area contributed by atoms with E-state index in [0.717, 1.165) is 11.3 Å². The number of nitro groups is 1. The highest BCUT2D eigenvalue weighted by atomic mass is 32.1. The average Bonchev–Trinajstić information content (AvgIpc) is 2.97. The van der Waals surface area contributed by atoms with Crippen molar-refractivity contribution in [2.75, 3.05) is 5.32 Å². The number of nitrogens with one attached hydrogen (secondary N) is 1. The van der Waals surface area contributed by atoms with E-state index in [0.29, 0.717) is 5.69 Å². The molecule has 1 heterocycles. The Labute approximate surface area is 120 Å². The van der Waals surface area contributed by atoms with Crippen molar-refractivity contribution in [1.82, 2.24) is 0 Å². The molecule has 0 fully saturated rings. The van der Waals surface area contributed by atoms with Gasteiger partial charge >= 0.3 is 5.69 Å². The van der Waals surface area contributed by atoms with Crippen LogP contribution in [0.25, 0.3) is 0 Å². The number of rotatable bonds is 5. The van der Waals surface area contributed by atoms with Gasteiger partial charge in [0.25, 0.3) is 0 Å². The van der Waals surface area contributed by atoms with Crippen LogP contribution in [-0.4, -0.2) is 4.92 Å². The first kappa shape index (κ1) is 14.0. The normalized spacial score (nSPS) is 11.6. The fourth-order valence-corrected chi connectivity index (χ4v) is 2.86. The van der Waals surface area contributed by atoms with Crippen LogP contribution >= 0.6 is 11.3 Å². The van der Waals surface area contributed by atoms with E-state index in [1.807, 2.05) is 30.5 Å². The lowest BCUT2D eigenvalue weighted by atomic mass is 10.1. The third-order valence-corrected chi connectivity index (χ3v) is 3.95. The molecular weight excluding hydrogens is 274 g/mol. The van der Waals surface area contributed by atoms with Crippen LogP contribution in [0.1, 0.15) is 29.8 Å². The molecule has 0 saturated carbocycles. The topological polar surface area (TPSA) is 79.0 Å². The first-order valence-electron chi connectivity index (χ1n) is 6.14. The van der Waals surface area contributed by atoms with Crippen LogP contribution in [0, 0.1) is 21.4 Å². The molecule has 0 aliphatic carbocycles. The van der Waals surface area contributed by atoms with Gasteiger partial charge in [0.2, 0.25) is 0 Å². The van der Waals surface area contributed by atoms with Crippen molar-refractivity contribution in [3.8, 4) is 6.07 Å². The van der Waals surface area contributed by atoms with Crippen molar-refractivity contribution in [3.63, 3.8) is 0 Å². The Balaban J connectivity index is 2.38. The van der Waals surface area contributed by atoms with Gasteiger partial charge in [0.15, 0.2) is 0 Å². The Bertz CT molecular complexity index is 647. The summed E-state index contributed by atoms with van der Waals surface area (Å²) in [5.74, 6) is 0. The van der Waals surface area contributed by atoms with Gasteiger partial charge in [0, 0.05) is 4.88 Å². The second-order valence-electron chi connectivity index (χ2n) is 4.19. The summed E-state index contributed by atoms with van der Waals surface area (Å²) in [6.07, 6.45) is 0.800. The van der Waals surface area contributed by atoms with Crippen LogP contribution in [-0.2, 0) is 0 Å². The first-order chi connectivity index (χ1) is 9.67. The quantitative estimate of drug-likeness (QED) is 0.663. The minimum Gasteiger partial charge on any atom is -0.372 e. The summed E-state index contributed by atoms with van der Waals surface area (Å²) in [7, 11) is 0. The van der Waals surface area contributed by atoms with Crippen LogP contribution in [0.2, 0.25) is 0 Å². The number of thiophene rings is 1. The molecule has 1 atom stereocenters. The van der Waals surface area contributed by atoms with Crippen LogP contribution in [0.4, 0.5) is 11.4 Å². The summed E-state index contributed by atoms with van der Waals surface area (Å²) in [5.41, 5.74) is 0.292. The fraction of sp³-hybridized carbons (Fsp3) is 0.214. The molecule has 0 aliphatic rings. The van der Waals surface area contributed by atoms with Gasteiger partial charge in [-0.05, 0) is 30.0 Å². The van der Waals surface area contributed by atoms with Crippen molar-refractivity contribution in [2.45, 2.75) is 19.4 Å². The summed E-state index contributed by atoms with van der Waals surface area (Å²) < 4.78 is 0. The summed E-state index contributed by atoms with van der Waals surface area (Å²) in [5, 5.41) is 25.3. The number of para-hydroxylation sites is 1. The first-order valence-corrected chi connectivity index (χ1v) is 7.02. The predicted molar refractivity (Wildman–Crippen MR) is 78.8 cm³/mol. The summed E-state index contributed by atoms with van der Waals surface area (Å²) in [6.45, 7) is 2.01. The van der Waals surface area contributed by atoms with Gasteiger partial charge in [-0.3, -0.25) is 10.1 Å². The maximum absolute atomic E-state index is 11.2. The summed E-state index contributed by atoms with van der Waals surface area (Å²) in [4.78, 5) is 11.8. The largest absolute Gasteiger partial charge is 0.372 e. The fourth-order valence-electron chi connectivity index (χ4n) is 2.00. The van der Waals surface area contributed by atoms with Gasteiger partial charge < -0.3 is 5.32 Å². The van der Waals surface area contributed by atoms with Crippen LogP contribution in [0.15, 0.2) is 35.7 Å². The number of nitriles is 1. The number of hydrogen-bond donors (Lipinski definition) is 1. The van der Waals surface area contributed by atoms with E-state index in [1.54, 1.807) is 23.5 Å². The van der Waals surface area contributed by atoms with E-state index in [4.69, 9.17) is 5.26 Å². The summed E-state index contributed by atoms with van der Waals surface area (Å²) in [6, 6.07) is 10.5. The molecule has 5 nitrogen and oxygen atoms in total. The molecule has 0 saturated heterocycles. The Morgan fingerprint density at radius 2 is 2.25 bits per heavy atom. The standard InChI is InChI=1S/C14H13N3O2S/c1-2-11(13-7-4-8-20-13)16-12-6-3-5-10(9-15)14(12)17(18)19/h3-8,11,16H,2H2,1H3. The van der Waals surface area contributed by atoms with Crippen molar-refractivity contribution in [1.29, 1.82) is 5.26 Å². The molecule has 0 spiro atoms. The highest BCUT2D eigenvalue weighted by Gasteiger charge is 2.22. The lowest BCUT2D eigenvalue weighted by Gasteiger charge is -2.17. The van der Waals surface area contributed by atoms with Gasteiger partial charge in [-0.15, -0.1) is 11.3 Å². The van der Waals surface area contributed by atoms with E-state index < -0.39 is 4.92 Å². The van der Waals surface area contributed by atoms with Gasteiger partial charge in [-0.2, -0.15) is 5.26 Å². The molecule has 2 aromatic rings. The van der Waals surface area contributed by atoms with Crippen LogP contribution in [0.5, 0.6) is 0 Å². The molecule has 0 amide bonds. The zero-order valence-corrected chi connectivity index (χ0v) is 11.7. The lowest BCUT2D eigenvalue weighted by molar-refractivity contribution is -0.384. The van der Waals surface area contributed by atoms with E-state index in [-0.39, 0.29) is 17.3 Å². The Morgan fingerprint density at radius 1 is 1.45 bits per heavy atom. The van der Waals surface area contributed by atoms with Gasteiger partial charge in [-0.25, -0.2) is 0 Å². The molecule has 1 aromatic carbocycles. The molecule has 1 unspecified atom stereocenters. The second kappa shape index (κ2) is 6.17. The zero-order valence-electron chi connectivity index (χ0n) is 10.9. The molecule has 1 N–H and O–H groups in total. The van der Waals surface area contributed by atoms with Crippen molar-refractivity contribution in [3.05, 3.63) is 56.3 Å². The number of nitro benzene ring substituents is 1. The molecular formula is C14H13N3O2S. The molecule has 6 heteroatoms. The Hall–Kier alpha value is -2.39. The third kappa shape index (κ3) is 2.78. The maximum Gasteiger partial charge on any atom is 0.309 e. The van der Waals surface area contributed by atoms with Gasteiger partial charge in [0.1, 0.15) is 17.3 Å². The highest BCUT2D eigenvalue weighted by Crippen LogP contribution is 2.33. The molecule has 102 valence electrons. The molecule has 1 aromatic heterocycles. The molecule has 2 rings (SSSR count). The van der Waals surface area contributed by atoms with Crippen LogP contribution < -0.4 is 5.32 Å². The third-order valence-electron chi connectivity index (χ3n) is 2.96. The van der Waals surface area contributed by atoms with E-state index in [9.17, 15) is 10.1 Å². The Morgan fingerprint density at radius 3 is 2.80 bits per heavy atom. The van der Waals surface area contributed by atoms with E-state index in [1.165, 1.54) is 6.07 Å². The monoisotopic (exact) mass is 287 g/mol. The summed E-state index contributed by atoms with van der Waals surface area (Å²) >= 11 is 1.60. The number of nitrogens with zero attached hydrogens (tertiary/aromatic N) is 2. The smallest absolute Gasteiger partial charge is 0.309 e. The van der Waals surface area contributed by atoms with Crippen LogP contribution in [0.3, 0.4) is 0 Å². The minimum absolute atomic E-state index is 0.00245. The second-order valence-corrected chi connectivity index (χ2v) is 5.17. The molecule has 20 heavy (non-hydrogen) atoms. The molecule has 0 aliphatic heterocycles. The average molecular weight is 287 g/mol. The predicted octanol–water partition coefficient (Wildman–Crippen LogP) is 4.09. The minimum atomic E-state index is -0.512. The van der Waals surface area contributed by atoms with E-state index >= 15 is 0 Å². The zero-order chi connectivity index (χ0) is 14.5. The number of benzene rings is 1. The lowest BCUT2D eigenvalue weighted by Crippen LogP contribution is -2.10. The number of anilines is 1. The van der Waals surface area contributed by atoms with Crippen molar-refractivity contribution < 1.29 is 4.92 Å².